The average Bonchev–Trinajstić information content (AvgIpc) is 1.90. The summed E-state index contributed by atoms with van der Waals surface area (Å²) >= 11 is 0. The van der Waals surface area contributed by atoms with Gasteiger partial charge in [-0.15, -0.1) is 4.91 Å². The van der Waals surface area contributed by atoms with Crippen molar-refractivity contribution in [1.29, 1.82) is 0 Å². The highest BCUT2D eigenvalue weighted by atomic mass is 16.5. The van der Waals surface area contributed by atoms with Gasteiger partial charge in [0.1, 0.15) is 0 Å². The highest BCUT2D eigenvalue weighted by Gasteiger charge is 2.12. The second-order valence-electron chi connectivity index (χ2n) is 1.93. The van der Waals surface area contributed by atoms with Crippen LogP contribution in [0.3, 0.4) is 0 Å². The van der Waals surface area contributed by atoms with E-state index in [1.807, 2.05) is 0 Å². The van der Waals surface area contributed by atoms with Gasteiger partial charge < -0.3 is 4.74 Å². The summed E-state index contributed by atoms with van der Waals surface area (Å²) in [6, 6.07) is 0. The molecular formula is C5H9NO2. The smallest absolute Gasteiger partial charge is 0.189 e. The number of hydrogen-bond acceptors (Lipinski definition) is 3. The Balaban J connectivity index is 2.22. The number of nitrogens with zero attached hydrogens (tertiary/aromatic N) is 1. The van der Waals surface area contributed by atoms with Crippen LogP contribution in [0.15, 0.2) is 5.18 Å². The largest absolute Gasteiger partial charge is 0.353 e. The summed E-state index contributed by atoms with van der Waals surface area (Å²) in [5.74, 6) is 0. The van der Waals surface area contributed by atoms with Crippen LogP contribution in [-0.4, -0.2) is 12.8 Å². The third-order valence-electron chi connectivity index (χ3n) is 1.27. The minimum atomic E-state index is -0.344. The van der Waals surface area contributed by atoms with Crippen LogP contribution in [0.4, 0.5) is 0 Å². The van der Waals surface area contributed by atoms with Crippen molar-refractivity contribution in [3.8, 4) is 0 Å². The van der Waals surface area contributed by atoms with Gasteiger partial charge in [0.05, 0.1) is 0 Å². The Morgan fingerprint density at radius 2 is 2.38 bits per heavy atom. The zero-order valence-corrected chi connectivity index (χ0v) is 4.67. The van der Waals surface area contributed by atoms with Crippen molar-refractivity contribution in [2.24, 2.45) is 5.18 Å². The summed E-state index contributed by atoms with van der Waals surface area (Å²) in [5.41, 5.74) is 0. The molecule has 0 aromatic carbocycles. The van der Waals surface area contributed by atoms with Crippen molar-refractivity contribution in [2.45, 2.75) is 25.5 Å². The first kappa shape index (κ1) is 5.69. The number of nitroso groups, excluding NO2 is 1. The molecule has 1 atom stereocenters. The Bertz CT molecular complexity index is 78.5. The van der Waals surface area contributed by atoms with E-state index in [1.54, 1.807) is 0 Å². The van der Waals surface area contributed by atoms with E-state index >= 15 is 0 Å². The van der Waals surface area contributed by atoms with Gasteiger partial charge >= 0.3 is 0 Å². The van der Waals surface area contributed by atoms with Crippen LogP contribution in [0.2, 0.25) is 0 Å². The zero-order chi connectivity index (χ0) is 5.82. The predicted octanol–water partition coefficient (Wildman–Crippen LogP) is 1.28. The van der Waals surface area contributed by atoms with E-state index in [0.29, 0.717) is 6.61 Å². The lowest BCUT2D eigenvalue weighted by Gasteiger charge is -2.14. The topological polar surface area (TPSA) is 38.7 Å². The first-order chi connectivity index (χ1) is 3.93. The van der Waals surface area contributed by atoms with E-state index in [2.05, 4.69) is 5.18 Å². The molecule has 0 aromatic heterocycles. The van der Waals surface area contributed by atoms with Gasteiger partial charge in [-0.05, 0) is 24.4 Å². The molecule has 1 aliphatic rings. The molecule has 0 aliphatic carbocycles. The van der Waals surface area contributed by atoms with E-state index in [1.165, 1.54) is 0 Å². The minimum Gasteiger partial charge on any atom is -0.353 e. The average molecular weight is 115 g/mol. The molecule has 1 aliphatic heterocycles. The van der Waals surface area contributed by atoms with Crippen LogP contribution in [-0.2, 0) is 4.74 Å². The molecule has 46 valence electrons. The summed E-state index contributed by atoms with van der Waals surface area (Å²) in [7, 11) is 0. The summed E-state index contributed by atoms with van der Waals surface area (Å²) < 4.78 is 4.95. The Kier molecular flexibility index (Phi) is 1.97. The molecule has 1 heterocycles. The summed E-state index contributed by atoms with van der Waals surface area (Å²) in [6.45, 7) is 0.705. The molecule has 0 saturated carbocycles. The monoisotopic (exact) mass is 115 g/mol. The number of hydrogen-bond donors (Lipinski definition) is 0. The Labute approximate surface area is 48.0 Å². The van der Waals surface area contributed by atoms with E-state index in [9.17, 15) is 4.91 Å². The van der Waals surface area contributed by atoms with Gasteiger partial charge in [-0.25, -0.2) is 0 Å². The van der Waals surface area contributed by atoms with Crippen molar-refractivity contribution < 1.29 is 4.74 Å². The van der Waals surface area contributed by atoms with Crippen LogP contribution in [0, 0.1) is 4.91 Å². The van der Waals surface area contributed by atoms with Crippen molar-refractivity contribution in [3.05, 3.63) is 4.91 Å². The van der Waals surface area contributed by atoms with Crippen LogP contribution < -0.4 is 0 Å². The molecule has 8 heavy (non-hydrogen) atoms. The lowest BCUT2D eigenvalue weighted by atomic mass is 10.2. The van der Waals surface area contributed by atoms with E-state index < -0.39 is 0 Å². The highest BCUT2D eigenvalue weighted by molar-refractivity contribution is 4.58. The van der Waals surface area contributed by atoms with Gasteiger partial charge in [0, 0.05) is 6.61 Å². The maximum Gasteiger partial charge on any atom is 0.189 e. The quantitative estimate of drug-likeness (QED) is 0.483. The lowest BCUT2D eigenvalue weighted by molar-refractivity contribution is 0.0212. The molecular weight excluding hydrogens is 106 g/mol. The highest BCUT2D eigenvalue weighted by Crippen LogP contribution is 2.12. The van der Waals surface area contributed by atoms with E-state index in [4.69, 9.17) is 4.74 Å². The molecule has 0 N–H and O–H groups in total. The summed E-state index contributed by atoms with van der Waals surface area (Å²) in [4.78, 5) is 9.78. The Morgan fingerprint density at radius 3 is 2.75 bits per heavy atom. The van der Waals surface area contributed by atoms with Gasteiger partial charge in [0.25, 0.3) is 0 Å². The number of rotatable bonds is 1. The first-order valence-corrected chi connectivity index (χ1v) is 2.87. The minimum absolute atomic E-state index is 0.344. The molecule has 1 fully saturated rings. The molecule has 0 radical (unpaired) electrons. The standard InChI is InChI=1S/C5H9NO2/c7-6-5-3-1-2-4-8-5/h5H,1-4H2. The molecule has 0 spiro atoms. The lowest BCUT2D eigenvalue weighted by Crippen LogP contribution is -2.15. The van der Waals surface area contributed by atoms with E-state index in [0.717, 1.165) is 19.3 Å². The molecule has 0 aromatic rings. The molecule has 0 amide bonds. The SMILES string of the molecule is O=NC1CCCCO1. The Hall–Kier alpha value is -0.440. The summed E-state index contributed by atoms with van der Waals surface area (Å²) in [6.07, 6.45) is 2.62. The summed E-state index contributed by atoms with van der Waals surface area (Å²) in [5, 5.41) is 2.78. The van der Waals surface area contributed by atoms with Crippen molar-refractivity contribution in [1.82, 2.24) is 0 Å². The van der Waals surface area contributed by atoms with Crippen LogP contribution in [0.25, 0.3) is 0 Å². The fraction of sp³-hybridized carbons (Fsp3) is 1.00. The molecule has 1 rings (SSSR count). The fourth-order valence-electron chi connectivity index (χ4n) is 0.807. The van der Waals surface area contributed by atoms with Crippen molar-refractivity contribution >= 4 is 0 Å². The molecule has 3 nitrogen and oxygen atoms in total. The van der Waals surface area contributed by atoms with Crippen LogP contribution in [0.5, 0.6) is 0 Å². The van der Waals surface area contributed by atoms with Crippen molar-refractivity contribution in [2.75, 3.05) is 6.61 Å². The maximum absolute atomic E-state index is 9.78. The third-order valence-corrected chi connectivity index (χ3v) is 1.27. The normalized spacial score (nSPS) is 29.8. The van der Waals surface area contributed by atoms with Gasteiger partial charge in [-0.3, -0.25) is 0 Å². The second-order valence-corrected chi connectivity index (χ2v) is 1.93. The zero-order valence-electron chi connectivity index (χ0n) is 4.67. The second kappa shape index (κ2) is 2.77. The molecule has 1 unspecified atom stereocenters. The van der Waals surface area contributed by atoms with Gasteiger partial charge in [0.15, 0.2) is 6.23 Å². The maximum atomic E-state index is 9.78. The van der Waals surface area contributed by atoms with Crippen molar-refractivity contribution in [3.63, 3.8) is 0 Å². The predicted molar refractivity (Wildman–Crippen MR) is 29.4 cm³/mol. The van der Waals surface area contributed by atoms with Gasteiger partial charge in [-0.2, -0.15) is 0 Å². The van der Waals surface area contributed by atoms with E-state index in [-0.39, 0.29) is 6.23 Å². The fourth-order valence-corrected chi connectivity index (χ4v) is 0.807. The first-order valence-electron chi connectivity index (χ1n) is 2.87. The van der Waals surface area contributed by atoms with Crippen LogP contribution in [0.1, 0.15) is 19.3 Å². The number of ether oxygens (including phenoxy) is 1. The third kappa shape index (κ3) is 1.26. The molecule has 0 bridgehead atoms. The van der Waals surface area contributed by atoms with Gasteiger partial charge in [-0.1, -0.05) is 0 Å². The molecule has 1 saturated heterocycles. The Morgan fingerprint density at radius 1 is 1.50 bits per heavy atom. The van der Waals surface area contributed by atoms with Crippen LogP contribution >= 0.6 is 0 Å². The van der Waals surface area contributed by atoms with Gasteiger partial charge in [0.2, 0.25) is 0 Å². The molecule has 3 heteroatoms.